The number of aromatic nitrogens is 2. The Labute approximate surface area is 91.2 Å². The van der Waals surface area contributed by atoms with Gasteiger partial charge in [0, 0.05) is 42.9 Å². The number of rotatable bonds is 3. The lowest BCUT2D eigenvalue weighted by atomic mass is 10.3. The molecule has 1 aliphatic carbocycles. The minimum atomic E-state index is -0.491. The normalized spacial score (nSPS) is 28.1. The SMILES string of the molecule is Cc1cn(C2C(CO)C2CO)c(=O)[nH]c1=O. The molecule has 1 heterocycles. The van der Waals surface area contributed by atoms with Crippen LogP contribution in [-0.2, 0) is 0 Å². The monoisotopic (exact) mass is 226 g/mol. The van der Waals surface area contributed by atoms with E-state index in [2.05, 4.69) is 4.98 Å². The number of H-pyrrole nitrogens is 1. The molecule has 0 aliphatic heterocycles. The topological polar surface area (TPSA) is 95.3 Å². The van der Waals surface area contributed by atoms with Crippen molar-refractivity contribution in [2.75, 3.05) is 13.2 Å². The van der Waals surface area contributed by atoms with Crippen LogP contribution in [0.1, 0.15) is 11.6 Å². The zero-order valence-corrected chi connectivity index (χ0v) is 8.88. The molecule has 0 amide bonds. The van der Waals surface area contributed by atoms with Gasteiger partial charge in [0.2, 0.25) is 0 Å². The fourth-order valence-electron chi connectivity index (χ4n) is 2.13. The molecule has 0 saturated heterocycles. The summed E-state index contributed by atoms with van der Waals surface area (Å²) in [6.07, 6.45) is 1.48. The molecule has 3 N–H and O–H groups in total. The summed E-state index contributed by atoms with van der Waals surface area (Å²) in [5.74, 6) is -0.207. The van der Waals surface area contributed by atoms with E-state index in [9.17, 15) is 9.59 Å². The third-order valence-electron chi connectivity index (χ3n) is 3.18. The van der Waals surface area contributed by atoms with Gasteiger partial charge in [-0.05, 0) is 6.92 Å². The summed E-state index contributed by atoms with van der Waals surface area (Å²) in [4.78, 5) is 24.9. The number of hydrogen-bond donors (Lipinski definition) is 3. The molecule has 1 aromatic heterocycles. The first-order chi connectivity index (χ1) is 7.60. The Bertz CT molecular complexity index is 494. The van der Waals surface area contributed by atoms with E-state index in [1.807, 2.05) is 0 Å². The number of aromatic amines is 1. The Morgan fingerprint density at radius 2 is 1.88 bits per heavy atom. The van der Waals surface area contributed by atoms with Crippen LogP contribution in [0.2, 0.25) is 0 Å². The average Bonchev–Trinajstić information content (AvgIpc) is 2.96. The molecular formula is C10H14N2O4. The van der Waals surface area contributed by atoms with Crippen LogP contribution in [0.5, 0.6) is 0 Å². The Balaban J connectivity index is 2.39. The molecule has 0 spiro atoms. The second kappa shape index (κ2) is 3.88. The molecule has 2 rings (SSSR count). The summed E-state index contributed by atoms with van der Waals surface area (Å²) in [6, 6.07) is -0.210. The van der Waals surface area contributed by atoms with Gasteiger partial charge in [-0.15, -0.1) is 0 Å². The van der Waals surface area contributed by atoms with Crippen LogP contribution in [0.15, 0.2) is 15.8 Å². The molecule has 0 bridgehead atoms. The standard InChI is InChI=1S/C10H14N2O4/c1-5-2-12(10(16)11-9(5)15)8-6(3-13)7(8)4-14/h2,6-8,13-14H,3-4H2,1H3,(H,11,15,16). The minimum Gasteiger partial charge on any atom is -0.396 e. The van der Waals surface area contributed by atoms with Crippen LogP contribution in [0.3, 0.4) is 0 Å². The molecule has 6 nitrogen and oxygen atoms in total. The van der Waals surface area contributed by atoms with Crippen molar-refractivity contribution in [1.29, 1.82) is 0 Å². The molecule has 88 valence electrons. The van der Waals surface area contributed by atoms with Crippen molar-refractivity contribution in [1.82, 2.24) is 9.55 Å². The van der Waals surface area contributed by atoms with Crippen molar-refractivity contribution >= 4 is 0 Å². The molecule has 0 radical (unpaired) electrons. The molecule has 6 heteroatoms. The van der Waals surface area contributed by atoms with Gasteiger partial charge in [-0.2, -0.15) is 0 Å². The van der Waals surface area contributed by atoms with Gasteiger partial charge in [-0.25, -0.2) is 4.79 Å². The molecule has 1 aliphatic rings. The van der Waals surface area contributed by atoms with Crippen LogP contribution >= 0.6 is 0 Å². The molecule has 2 atom stereocenters. The maximum Gasteiger partial charge on any atom is 0.328 e. The third kappa shape index (κ3) is 1.60. The summed E-state index contributed by atoms with van der Waals surface area (Å²) >= 11 is 0. The van der Waals surface area contributed by atoms with Gasteiger partial charge in [0.25, 0.3) is 5.56 Å². The summed E-state index contributed by atoms with van der Waals surface area (Å²) in [7, 11) is 0. The number of aliphatic hydroxyl groups is 2. The van der Waals surface area contributed by atoms with Crippen LogP contribution < -0.4 is 11.2 Å². The highest BCUT2D eigenvalue weighted by molar-refractivity contribution is 5.08. The van der Waals surface area contributed by atoms with Crippen LogP contribution in [-0.4, -0.2) is 33.0 Å². The highest BCUT2D eigenvalue weighted by Crippen LogP contribution is 2.48. The van der Waals surface area contributed by atoms with Crippen LogP contribution in [0.4, 0.5) is 0 Å². The first kappa shape index (κ1) is 11.1. The van der Waals surface area contributed by atoms with E-state index < -0.39 is 11.2 Å². The Morgan fingerprint density at radius 3 is 2.38 bits per heavy atom. The predicted octanol–water partition coefficient (Wildman–Crippen LogP) is -1.38. The van der Waals surface area contributed by atoms with E-state index in [1.165, 1.54) is 10.8 Å². The van der Waals surface area contributed by atoms with E-state index in [4.69, 9.17) is 10.2 Å². The number of nitrogens with zero attached hydrogens (tertiary/aromatic N) is 1. The molecule has 2 unspecified atom stereocenters. The van der Waals surface area contributed by atoms with Crippen molar-refractivity contribution < 1.29 is 10.2 Å². The highest BCUT2D eigenvalue weighted by atomic mass is 16.3. The molecular weight excluding hydrogens is 212 g/mol. The van der Waals surface area contributed by atoms with Gasteiger partial charge >= 0.3 is 5.69 Å². The lowest BCUT2D eigenvalue weighted by molar-refractivity contribution is 0.232. The van der Waals surface area contributed by atoms with E-state index >= 15 is 0 Å². The summed E-state index contributed by atoms with van der Waals surface area (Å²) < 4.78 is 1.39. The quantitative estimate of drug-likeness (QED) is 0.591. The molecule has 1 saturated carbocycles. The zero-order valence-electron chi connectivity index (χ0n) is 8.88. The lowest BCUT2D eigenvalue weighted by Crippen LogP contribution is -2.31. The van der Waals surface area contributed by atoms with Crippen molar-refractivity contribution in [2.24, 2.45) is 11.8 Å². The van der Waals surface area contributed by atoms with E-state index in [0.717, 1.165) is 0 Å². The highest BCUT2D eigenvalue weighted by Gasteiger charge is 2.51. The van der Waals surface area contributed by atoms with Crippen LogP contribution in [0.25, 0.3) is 0 Å². The van der Waals surface area contributed by atoms with Crippen molar-refractivity contribution in [3.63, 3.8) is 0 Å². The maximum absolute atomic E-state index is 11.5. The smallest absolute Gasteiger partial charge is 0.328 e. The van der Waals surface area contributed by atoms with Gasteiger partial charge in [-0.1, -0.05) is 0 Å². The molecule has 1 fully saturated rings. The number of hydrogen-bond acceptors (Lipinski definition) is 4. The predicted molar refractivity (Wildman–Crippen MR) is 56.2 cm³/mol. The first-order valence-corrected chi connectivity index (χ1v) is 5.14. The second-order valence-electron chi connectivity index (χ2n) is 4.16. The maximum atomic E-state index is 11.5. The summed E-state index contributed by atoms with van der Waals surface area (Å²) in [5.41, 5.74) is -0.446. The number of aliphatic hydroxyl groups excluding tert-OH is 2. The minimum absolute atomic E-state index is 0.0689. The Kier molecular flexibility index (Phi) is 2.69. The first-order valence-electron chi connectivity index (χ1n) is 5.14. The van der Waals surface area contributed by atoms with Gasteiger partial charge in [0.1, 0.15) is 0 Å². The van der Waals surface area contributed by atoms with Crippen molar-refractivity contribution in [2.45, 2.75) is 13.0 Å². The Hall–Kier alpha value is -1.40. The van der Waals surface area contributed by atoms with Gasteiger partial charge in [0.05, 0.1) is 0 Å². The zero-order chi connectivity index (χ0) is 11.9. The Morgan fingerprint density at radius 1 is 1.31 bits per heavy atom. The van der Waals surface area contributed by atoms with Gasteiger partial charge in [0.15, 0.2) is 0 Å². The van der Waals surface area contributed by atoms with Crippen molar-refractivity contribution in [3.05, 3.63) is 32.6 Å². The van der Waals surface area contributed by atoms with E-state index in [-0.39, 0.29) is 31.1 Å². The molecule has 16 heavy (non-hydrogen) atoms. The second-order valence-corrected chi connectivity index (χ2v) is 4.16. The number of aryl methyl sites for hydroxylation is 1. The average molecular weight is 226 g/mol. The van der Waals surface area contributed by atoms with Crippen LogP contribution in [0, 0.1) is 18.8 Å². The number of nitrogens with one attached hydrogen (secondary N) is 1. The fourth-order valence-corrected chi connectivity index (χ4v) is 2.13. The van der Waals surface area contributed by atoms with Gasteiger partial charge in [-0.3, -0.25) is 14.3 Å². The fraction of sp³-hybridized carbons (Fsp3) is 0.600. The van der Waals surface area contributed by atoms with Crippen molar-refractivity contribution in [3.8, 4) is 0 Å². The third-order valence-corrected chi connectivity index (χ3v) is 3.18. The lowest BCUT2D eigenvalue weighted by Gasteiger charge is -2.04. The summed E-state index contributed by atoms with van der Waals surface area (Å²) in [5, 5.41) is 18.1. The molecule has 0 aromatic carbocycles. The van der Waals surface area contributed by atoms with E-state index in [0.29, 0.717) is 5.56 Å². The molecule has 1 aromatic rings. The largest absolute Gasteiger partial charge is 0.396 e. The van der Waals surface area contributed by atoms with E-state index in [1.54, 1.807) is 6.92 Å². The summed E-state index contributed by atoms with van der Waals surface area (Å²) in [6.45, 7) is 1.47. The van der Waals surface area contributed by atoms with Gasteiger partial charge < -0.3 is 10.2 Å².